The first-order chi connectivity index (χ1) is 15.0. The summed E-state index contributed by atoms with van der Waals surface area (Å²) >= 11 is 0. The van der Waals surface area contributed by atoms with Gasteiger partial charge in [-0.25, -0.2) is 0 Å². The number of nitrogens with one attached hydrogen (secondary N) is 3. The lowest BCUT2D eigenvalue weighted by Crippen LogP contribution is -2.49. The fraction of sp³-hybridized carbons (Fsp3) is 0.318. The van der Waals surface area contributed by atoms with E-state index in [1.54, 1.807) is 38.3 Å². The van der Waals surface area contributed by atoms with Crippen LogP contribution in [0.25, 0.3) is 0 Å². The number of carbonyl (C=O) groups excluding carboxylic acids is 2. The Balaban J connectivity index is 0.00000363. The summed E-state index contributed by atoms with van der Waals surface area (Å²) in [5, 5.41) is 9.16. The summed E-state index contributed by atoms with van der Waals surface area (Å²) in [7, 11) is 4.86. The van der Waals surface area contributed by atoms with E-state index in [1.165, 1.54) is 0 Å². The molecule has 10 heteroatoms. The van der Waals surface area contributed by atoms with Crippen LogP contribution in [0.1, 0.15) is 15.9 Å². The van der Waals surface area contributed by atoms with Gasteiger partial charge in [-0.15, -0.1) is 24.0 Å². The zero-order valence-corrected chi connectivity index (χ0v) is 20.6. The van der Waals surface area contributed by atoms with Crippen molar-refractivity contribution in [3.8, 4) is 11.5 Å². The van der Waals surface area contributed by atoms with Crippen LogP contribution in [0.3, 0.4) is 0 Å². The van der Waals surface area contributed by atoms with Crippen molar-refractivity contribution in [3.63, 3.8) is 0 Å². The Labute approximate surface area is 204 Å². The molecule has 0 spiro atoms. The summed E-state index contributed by atoms with van der Waals surface area (Å²) in [4.78, 5) is 29.8. The van der Waals surface area contributed by atoms with Gasteiger partial charge in [-0.3, -0.25) is 14.6 Å². The highest BCUT2D eigenvalue weighted by Crippen LogP contribution is 2.29. The maximum absolute atomic E-state index is 12.6. The van der Waals surface area contributed by atoms with Crippen LogP contribution < -0.4 is 25.4 Å². The third-order valence-electron chi connectivity index (χ3n) is 4.86. The second-order valence-electron chi connectivity index (χ2n) is 6.89. The number of benzene rings is 2. The van der Waals surface area contributed by atoms with Gasteiger partial charge in [0.05, 0.1) is 20.8 Å². The van der Waals surface area contributed by atoms with Gasteiger partial charge < -0.3 is 30.3 Å². The molecule has 2 amide bonds. The van der Waals surface area contributed by atoms with Gasteiger partial charge in [0.2, 0.25) is 5.91 Å². The third-order valence-corrected chi connectivity index (χ3v) is 4.86. The number of amides is 2. The van der Waals surface area contributed by atoms with E-state index in [2.05, 4.69) is 20.9 Å². The number of rotatable bonds is 6. The van der Waals surface area contributed by atoms with Gasteiger partial charge in [0, 0.05) is 44.0 Å². The van der Waals surface area contributed by atoms with Gasteiger partial charge >= 0.3 is 0 Å². The minimum absolute atomic E-state index is 0. The lowest BCUT2D eigenvalue weighted by atomic mass is 10.1. The predicted octanol–water partition coefficient (Wildman–Crippen LogP) is 2.08. The largest absolute Gasteiger partial charge is 0.493 e. The average molecular weight is 553 g/mol. The third kappa shape index (κ3) is 6.49. The topological polar surface area (TPSA) is 104 Å². The van der Waals surface area contributed by atoms with Gasteiger partial charge in [0.15, 0.2) is 17.5 Å². The number of ether oxygens (including phenoxy) is 2. The van der Waals surface area contributed by atoms with E-state index < -0.39 is 0 Å². The van der Waals surface area contributed by atoms with E-state index in [0.29, 0.717) is 42.7 Å². The second-order valence-corrected chi connectivity index (χ2v) is 6.89. The van der Waals surface area contributed by atoms with Crippen molar-refractivity contribution < 1.29 is 19.1 Å². The molecule has 1 aliphatic rings. The number of halogens is 1. The monoisotopic (exact) mass is 553 g/mol. The van der Waals surface area contributed by atoms with Crippen LogP contribution in [0.4, 0.5) is 5.69 Å². The van der Waals surface area contributed by atoms with Crippen molar-refractivity contribution in [2.75, 3.05) is 46.2 Å². The summed E-state index contributed by atoms with van der Waals surface area (Å²) in [6, 6.07) is 12.8. The molecule has 1 heterocycles. The Morgan fingerprint density at radius 3 is 2.47 bits per heavy atom. The molecule has 2 aromatic rings. The molecule has 0 saturated carbocycles. The SMILES string of the molecule is CN=C(NCc1ccc(C(=O)N2CCNC(=O)C2)cc1)Nc1ccc(OC)c(OC)c1.I. The smallest absolute Gasteiger partial charge is 0.254 e. The van der Waals surface area contributed by atoms with Gasteiger partial charge in [-0.05, 0) is 29.8 Å². The summed E-state index contributed by atoms with van der Waals surface area (Å²) in [5.41, 5.74) is 2.35. The van der Waals surface area contributed by atoms with Crippen LogP contribution in [0.5, 0.6) is 11.5 Å². The van der Waals surface area contributed by atoms with E-state index in [1.807, 2.05) is 30.3 Å². The van der Waals surface area contributed by atoms with Gasteiger partial charge in [-0.1, -0.05) is 12.1 Å². The number of nitrogens with zero attached hydrogens (tertiary/aromatic N) is 2. The maximum atomic E-state index is 12.6. The molecule has 0 radical (unpaired) electrons. The molecule has 3 N–H and O–H groups in total. The van der Waals surface area contributed by atoms with Crippen molar-refractivity contribution in [2.45, 2.75) is 6.54 Å². The molecule has 0 atom stereocenters. The first kappa shape index (κ1) is 25.2. The highest BCUT2D eigenvalue weighted by Gasteiger charge is 2.22. The van der Waals surface area contributed by atoms with Crippen molar-refractivity contribution in [3.05, 3.63) is 53.6 Å². The molecule has 172 valence electrons. The lowest BCUT2D eigenvalue weighted by Gasteiger charge is -2.26. The van der Waals surface area contributed by atoms with Crippen LogP contribution in [0.15, 0.2) is 47.5 Å². The van der Waals surface area contributed by atoms with Crippen LogP contribution >= 0.6 is 24.0 Å². The molecule has 32 heavy (non-hydrogen) atoms. The zero-order valence-electron chi connectivity index (χ0n) is 18.3. The van der Waals surface area contributed by atoms with E-state index in [0.717, 1.165) is 11.3 Å². The average Bonchev–Trinajstić information content (AvgIpc) is 2.81. The van der Waals surface area contributed by atoms with Crippen molar-refractivity contribution in [1.82, 2.24) is 15.5 Å². The Kier molecular flexibility index (Phi) is 9.57. The predicted molar refractivity (Wildman–Crippen MR) is 134 cm³/mol. The molecule has 2 aromatic carbocycles. The molecular weight excluding hydrogens is 525 g/mol. The molecule has 9 nitrogen and oxygen atoms in total. The summed E-state index contributed by atoms with van der Waals surface area (Å²) in [6.07, 6.45) is 0. The highest BCUT2D eigenvalue weighted by molar-refractivity contribution is 14.0. The highest BCUT2D eigenvalue weighted by atomic mass is 127. The molecule has 0 bridgehead atoms. The number of hydrogen-bond donors (Lipinski definition) is 3. The number of methoxy groups -OCH3 is 2. The van der Waals surface area contributed by atoms with E-state index in [9.17, 15) is 9.59 Å². The van der Waals surface area contributed by atoms with Crippen molar-refractivity contribution in [1.29, 1.82) is 0 Å². The van der Waals surface area contributed by atoms with E-state index in [-0.39, 0.29) is 42.3 Å². The van der Waals surface area contributed by atoms with Crippen molar-refractivity contribution in [2.24, 2.45) is 4.99 Å². The molecule has 1 fully saturated rings. The van der Waals surface area contributed by atoms with Crippen molar-refractivity contribution >= 4 is 47.4 Å². The zero-order chi connectivity index (χ0) is 22.2. The van der Waals surface area contributed by atoms with Crippen LogP contribution in [0.2, 0.25) is 0 Å². The lowest BCUT2D eigenvalue weighted by molar-refractivity contribution is -0.123. The summed E-state index contributed by atoms with van der Waals surface area (Å²) < 4.78 is 10.6. The standard InChI is InChI=1S/C22H27N5O4.HI/c1-23-22(26-17-8-9-18(30-2)19(12-17)31-3)25-13-15-4-6-16(7-5-15)21(29)27-11-10-24-20(28)14-27;/h4-9,12H,10-11,13-14H2,1-3H3,(H,24,28)(H2,23,25,26);1H. The minimum Gasteiger partial charge on any atom is -0.493 e. The maximum Gasteiger partial charge on any atom is 0.254 e. The Bertz CT molecular complexity index is 965. The quantitative estimate of drug-likeness (QED) is 0.288. The summed E-state index contributed by atoms with van der Waals surface area (Å²) in [6.45, 7) is 1.62. The minimum atomic E-state index is -0.139. The van der Waals surface area contributed by atoms with Gasteiger partial charge in [0.1, 0.15) is 0 Å². The number of carbonyl (C=O) groups is 2. The Morgan fingerprint density at radius 1 is 1.12 bits per heavy atom. The Hall–Kier alpha value is -3.02. The Morgan fingerprint density at radius 2 is 1.84 bits per heavy atom. The molecule has 0 unspecified atom stereocenters. The first-order valence-electron chi connectivity index (χ1n) is 9.88. The molecule has 1 saturated heterocycles. The molecule has 1 aliphatic heterocycles. The summed E-state index contributed by atoms with van der Waals surface area (Å²) in [5.74, 6) is 1.59. The van der Waals surface area contributed by atoms with Gasteiger partial charge in [0.25, 0.3) is 5.91 Å². The second kappa shape index (κ2) is 12.1. The fourth-order valence-electron chi connectivity index (χ4n) is 3.18. The van der Waals surface area contributed by atoms with Gasteiger partial charge in [-0.2, -0.15) is 0 Å². The number of piperazine rings is 1. The number of aliphatic imine (C=N–C) groups is 1. The normalized spacial score (nSPS) is 13.5. The molecule has 0 aliphatic carbocycles. The van der Waals surface area contributed by atoms with Crippen LogP contribution in [-0.4, -0.2) is 63.6 Å². The first-order valence-corrected chi connectivity index (χ1v) is 9.88. The molecule has 0 aromatic heterocycles. The van der Waals surface area contributed by atoms with E-state index in [4.69, 9.17) is 9.47 Å². The molecule has 3 rings (SSSR count). The van der Waals surface area contributed by atoms with E-state index >= 15 is 0 Å². The fourth-order valence-corrected chi connectivity index (χ4v) is 3.18. The molecular formula is C22H28IN5O4. The van der Waals surface area contributed by atoms with Crippen LogP contribution in [-0.2, 0) is 11.3 Å². The number of guanidine groups is 1. The van der Waals surface area contributed by atoms with Crippen LogP contribution in [0, 0.1) is 0 Å². The number of anilines is 1. The number of hydrogen-bond acceptors (Lipinski definition) is 5.